The van der Waals surface area contributed by atoms with E-state index in [-0.39, 0.29) is 17.2 Å². The molecule has 0 unspecified atom stereocenters. The molecule has 0 saturated heterocycles. The SMILES string of the molecule is N#CCc1ccc(-c2cnn(S(=O)(=O)C3CC3)c2)c(F)c1. The second-order valence-electron chi connectivity index (χ2n) is 4.99. The first kappa shape index (κ1) is 13.8. The Bertz CT molecular complexity index is 832. The standard InChI is InChI=1S/C14H12FN3O2S/c15-14-7-10(5-6-16)1-4-13(14)11-8-17-18(9-11)21(19,20)12-2-3-12/h1,4,7-9,12H,2-3,5H2. The van der Waals surface area contributed by atoms with Gasteiger partial charge in [-0.2, -0.15) is 14.4 Å². The number of aromatic nitrogens is 2. The number of benzene rings is 1. The van der Waals surface area contributed by atoms with Crippen LogP contribution in [-0.2, 0) is 16.4 Å². The molecule has 0 amide bonds. The monoisotopic (exact) mass is 305 g/mol. The Morgan fingerprint density at radius 3 is 2.81 bits per heavy atom. The first-order valence-electron chi connectivity index (χ1n) is 6.47. The van der Waals surface area contributed by atoms with Gasteiger partial charge in [-0.1, -0.05) is 12.1 Å². The molecule has 108 valence electrons. The zero-order valence-corrected chi connectivity index (χ0v) is 11.8. The molecule has 21 heavy (non-hydrogen) atoms. The first-order chi connectivity index (χ1) is 10.0. The minimum absolute atomic E-state index is 0.131. The van der Waals surface area contributed by atoms with Gasteiger partial charge in [0.15, 0.2) is 0 Å². The maximum absolute atomic E-state index is 14.0. The maximum Gasteiger partial charge on any atom is 0.256 e. The molecule has 7 heteroatoms. The molecule has 3 rings (SSSR count). The van der Waals surface area contributed by atoms with Gasteiger partial charge in [0.2, 0.25) is 0 Å². The van der Waals surface area contributed by atoms with Crippen molar-refractivity contribution in [3.8, 4) is 17.2 Å². The van der Waals surface area contributed by atoms with Gasteiger partial charge in [0.1, 0.15) is 5.82 Å². The molecule has 0 atom stereocenters. The van der Waals surface area contributed by atoms with Crippen molar-refractivity contribution in [3.05, 3.63) is 42.0 Å². The summed E-state index contributed by atoms with van der Waals surface area (Å²) in [5, 5.41) is 12.1. The van der Waals surface area contributed by atoms with E-state index < -0.39 is 15.8 Å². The van der Waals surface area contributed by atoms with Crippen molar-refractivity contribution in [1.29, 1.82) is 5.26 Å². The zero-order chi connectivity index (χ0) is 15.0. The van der Waals surface area contributed by atoms with Gasteiger partial charge < -0.3 is 0 Å². The highest BCUT2D eigenvalue weighted by atomic mass is 32.2. The van der Waals surface area contributed by atoms with Gasteiger partial charge >= 0.3 is 0 Å². The molecule has 0 spiro atoms. The lowest BCUT2D eigenvalue weighted by molar-refractivity contribution is 0.578. The van der Waals surface area contributed by atoms with E-state index in [2.05, 4.69) is 5.10 Å². The average Bonchev–Trinajstić information content (AvgIpc) is 3.18. The average molecular weight is 305 g/mol. The van der Waals surface area contributed by atoms with E-state index >= 15 is 0 Å². The highest BCUT2D eigenvalue weighted by Gasteiger charge is 2.37. The Morgan fingerprint density at radius 2 is 2.19 bits per heavy atom. The molecule has 1 heterocycles. The van der Waals surface area contributed by atoms with Crippen molar-refractivity contribution >= 4 is 10.0 Å². The zero-order valence-electron chi connectivity index (χ0n) is 11.0. The van der Waals surface area contributed by atoms with Gasteiger partial charge in [-0.15, -0.1) is 0 Å². The second kappa shape index (κ2) is 4.97. The Hall–Kier alpha value is -2.20. The Kier molecular flexibility index (Phi) is 3.26. The van der Waals surface area contributed by atoms with Crippen LogP contribution in [0, 0.1) is 17.1 Å². The highest BCUT2D eigenvalue weighted by molar-refractivity contribution is 7.90. The second-order valence-corrected chi connectivity index (χ2v) is 7.07. The van der Waals surface area contributed by atoms with Crippen molar-refractivity contribution in [1.82, 2.24) is 9.19 Å². The van der Waals surface area contributed by atoms with Gasteiger partial charge in [-0.3, -0.25) is 0 Å². The van der Waals surface area contributed by atoms with Gasteiger partial charge in [-0.05, 0) is 24.5 Å². The summed E-state index contributed by atoms with van der Waals surface area (Å²) in [4.78, 5) is 0. The van der Waals surface area contributed by atoms with Crippen molar-refractivity contribution in [2.75, 3.05) is 0 Å². The van der Waals surface area contributed by atoms with E-state index in [9.17, 15) is 12.8 Å². The predicted molar refractivity (Wildman–Crippen MR) is 74.3 cm³/mol. The molecule has 5 nitrogen and oxygen atoms in total. The van der Waals surface area contributed by atoms with Gasteiger partial charge in [0.25, 0.3) is 10.0 Å². The quantitative estimate of drug-likeness (QED) is 0.866. The summed E-state index contributed by atoms with van der Waals surface area (Å²) in [5.74, 6) is -0.494. The Labute approximate surface area is 121 Å². The van der Waals surface area contributed by atoms with E-state index in [1.54, 1.807) is 6.07 Å². The number of hydrogen-bond acceptors (Lipinski definition) is 4. The van der Waals surface area contributed by atoms with Gasteiger partial charge in [-0.25, -0.2) is 12.8 Å². The lowest BCUT2D eigenvalue weighted by Gasteiger charge is -2.03. The molecule has 1 aliphatic carbocycles. The maximum atomic E-state index is 14.0. The fourth-order valence-electron chi connectivity index (χ4n) is 2.10. The Balaban J connectivity index is 1.95. The van der Waals surface area contributed by atoms with Crippen LogP contribution in [0.25, 0.3) is 11.1 Å². The van der Waals surface area contributed by atoms with Crippen molar-refractivity contribution in [3.63, 3.8) is 0 Å². The molecule has 0 aliphatic heterocycles. The number of nitriles is 1. The summed E-state index contributed by atoms with van der Waals surface area (Å²) in [6, 6.07) is 6.42. The van der Waals surface area contributed by atoms with Crippen LogP contribution in [0.2, 0.25) is 0 Å². The minimum Gasteiger partial charge on any atom is -0.206 e. The van der Waals surface area contributed by atoms with E-state index in [1.807, 2.05) is 6.07 Å². The van der Waals surface area contributed by atoms with Crippen LogP contribution in [0.15, 0.2) is 30.6 Å². The van der Waals surface area contributed by atoms with E-state index in [0.717, 1.165) is 4.09 Å². The fourth-order valence-corrected chi connectivity index (χ4v) is 3.57. The number of nitrogens with zero attached hydrogens (tertiary/aromatic N) is 3. The molecule has 1 saturated carbocycles. The van der Waals surface area contributed by atoms with E-state index in [4.69, 9.17) is 5.26 Å². The molecule has 2 aromatic rings. The highest BCUT2D eigenvalue weighted by Crippen LogP contribution is 2.31. The third kappa shape index (κ3) is 2.54. The molecular formula is C14H12FN3O2S. The summed E-state index contributed by atoms with van der Waals surface area (Å²) in [5.41, 5.74) is 1.26. The van der Waals surface area contributed by atoms with Gasteiger partial charge in [0, 0.05) is 11.1 Å². The predicted octanol–water partition coefficient (Wildman–Crippen LogP) is 2.10. The topological polar surface area (TPSA) is 75.8 Å². The summed E-state index contributed by atoms with van der Waals surface area (Å²) in [6.07, 6.45) is 4.09. The summed E-state index contributed by atoms with van der Waals surface area (Å²) in [6.45, 7) is 0. The molecular weight excluding hydrogens is 293 g/mol. The first-order valence-corrected chi connectivity index (χ1v) is 7.97. The third-order valence-electron chi connectivity index (χ3n) is 3.39. The van der Waals surface area contributed by atoms with Crippen molar-refractivity contribution in [2.45, 2.75) is 24.5 Å². The molecule has 1 aromatic carbocycles. The van der Waals surface area contributed by atoms with Crippen molar-refractivity contribution in [2.24, 2.45) is 0 Å². The van der Waals surface area contributed by atoms with Crippen LogP contribution in [-0.4, -0.2) is 22.9 Å². The lowest BCUT2D eigenvalue weighted by atomic mass is 10.1. The molecule has 1 fully saturated rings. The largest absolute Gasteiger partial charge is 0.256 e. The van der Waals surface area contributed by atoms with Crippen LogP contribution >= 0.6 is 0 Å². The summed E-state index contributed by atoms with van der Waals surface area (Å²) < 4.78 is 39.0. The number of rotatable bonds is 4. The minimum atomic E-state index is -3.44. The van der Waals surface area contributed by atoms with Crippen LogP contribution in [0.5, 0.6) is 0 Å². The number of halogens is 1. The summed E-state index contributed by atoms with van der Waals surface area (Å²) in [7, 11) is -3.44. The number of hydrogen-bond donors (Lipinski definition) is 0. The normalized spacial score (nSPS) is 14.9. The van der Waals surface area contributed by atoms with Crippen LogP contribution in [0.3, 0.4) is 0 Å². The molecule has 1 aromatic heterocycles. The molecule has 0 bridgehead atoms. The van der Waals surface area contributed by atoms with E-state index in [0.29, 0.717) is 24.0 Å². The molecule has 0 N–H and O–H groups in total. The third-order valence-corrected chi connectivity index (χ3v) is 5.43. The smallest absolute Gasteiger partial charge is 0.206 e. The molecule has 1 aliphatic rings. The molecule has 0 radical (unpaired) electrons. The lowest BCUT2D eigenvalue weighted by Crippen LogP contribution is -2.17. The van der Waals surface area contributed by atoms with Crippen LogP contribution in [0.1, 0.15) is 18.4 Å². The van der Waals surface area contributed by atoms with Crippen LogP contribution in [0.4, 0.5) is 4.39 Å². The van der Waals surface area contributed by atoms with Crippen molar-refractivity contribution < 1.29 is 12.8 Å². The fraction of sp³-hybridized carbons (Fsp3) is 0.286. The van der Waals surface area contributed by atoms with Gasteiger partial charge in [0.05, 0.1) is 30.1 Å². The Morgan fingerprint density at radius 1 is 1.43 bits per heavy atom. The van der Waals surface area contributed by atoms with Crippen LogP contribution < -0.4 is 0 Å². The van der Waals surface area contributed by atoms with E-state index in [1.165, 1.54) is 24.5 Å². The summed E-state index contributed by atoms with van der Waals surface area (Å²) >= 11 is 0.